The molecule has 2 heterocycles. The molecule has 1 aromatic heterocycles. The van der Waals surface area contributed by atoms with Crippen molar-refractivity contribution >= 4 is 22.0 Å². The number of benzene rings is 1. The van der Waals surface area contributed by atoms with Crippen molar-refractivity contribution in [3.8, 4) is 5.75 Å². The molecule has 0 fully saturated rings. The van der Waals surface area contributed by atoms with E-state index in [0.717, 1.165) is 4.31 Å². The molecule has 1 aliphatic rings. The smallest absolute Gasteiger partial charge is 0.344 e. The topological polar surface area (TPSA) is 136 Å². The van der Waals surface area contributed by atoms with Crippen LogP contribution in [0.2, 0.25) is 0 Å². The summed E-state index contributed by atoms with van der Waals surface area (Å²) in [6, 6.07) is 4.07. The summed E-state index contributed by atoms with van der Waals surface area (Å²) in [5.41, 5.74) is 0.886. The molecule has 0 bridgehead atoms. The maximum absolute atomic E-state index is 13.1. The first-order chi connectivity index (χ1) is 13.8. The molecule has 1 N–H and O–H groups in total. The molecule has 0 aliphatic carbocycles. The minimum absolute atomic E-state index is 0.0710. The molecule has 1 aliphatic heterocycles. The van der Waals surface area contributed by atoms with Crippen LogP contribution < -0.4 is 4.74 Å². The Labute approximate surface area is 167 Å². The van der Waals surface area contributed by atoms with Gasteiger partial charge in [-0.3, -0.25) is 14.8 Å². The number of sulfonamides is 1. The SMILES string of the molecule is CCOC(=O)COc1ccc(S(=O)(=O)N2Cc3nccnc3C[C@@H]2C(=O)O)cc1. The zero-order valence-corrected chi connectivity index (χ0v) is 16.3. The highest BCUT2D eigenvalue weighted by molar-refractivity contribution is 7.89. The van der Waals surface area contributed by atoms with Gasteiger partial charge in [-0.2, -0.15) is 4.31 Å². The number of carboxylic acids is 1. The van der Waals surface area contributed by atoms with Gasteiger partial charge in [0.05, 0.1) is 29.4 Å². The van der Waals surface area contributed by atoms with Crippen LogP contribution in [0.5, 0.6) is 5.75 Å². The molecule has 3 rings (SSSR count). The fourth-order valence-electron chi connectivity index (χ4n) is 2.89. The van der Waals surface area contributed by atoms with Gasteiger partial charge in [-0.25, -0.2) is 13.2 Å². The summed E-state index contributed by atoms with van der Waals surface area (Å²) < 4.78 is 37.0. The number of fused-ring (bicyclic) bond motifs is 1. The molecule has 0 spiro atoms. The highest BCUT2D eigenvalue weighted by Gasteiger charge is 2.40. The maximum atomic E-state index is 13.1. The molecule has 29 heavy (non-hydrogen) atoms. The Morgan fingerprint density at radius 3 is 2.45 bits per heavy atom. The number of aliphatic carboxylic acids is 1. The zero-order valence-electron chi connectivity index (χ0n) is 15.5. The second kappa shape index (κ2) is 8.53. The number of carboxylic acid groups (broad SMARTS) is 1. The molecule has 0 saturated heterocycles. The van der Waals surface area contributed by atoms with E-state index in [1.54, 1.807) is 6.92 Å². The summed E-state index contributed by atoms with van der Waals surface area (Å²) in [6.45, 7) is 1.41. The summed E-state index contributed by atoms with van der Waals surface area (Å²) in [7, 11) is -4.12. The van der Waals surface area contributed by atoms with E-state index in [-0.39, 0.29) is 36.8 Å². The van der Waals surface area contributed by atoms with Crippen molar-refractivity contribution in [2.45, 2.75) is 30.8 Å². The highest BCUT2D eigenvalue weighted by atomic mass is 32.2. The fourth-order valence-corrected chi connectivity index (χ4v) is 4.43. The Hall–Kier alpha value is -3.05. The molecular weight excluding hydrogens is 402 g/mol. The molecule has 154 valence electrons. The highest BCUT2D eigenvalue weighted by Crippen LogP contribution is 2.28. The van der Waals surface area contributed by atoms with Crippen molar-refractivity contribution in [1.82, 2.24) is 14.3 Å². The lowest BCUT2D eigenvalue weighted by Crippen LogP contribution is -2.49. The van der Waals surface area contributed by atoms with Crippen molar-refractivity contribution in [1.29, 1.82) is 0 Å². The van der Waals surface area contributed by atoms with Gasteiger partial charge in [-0.1, -0.05) is 0 Å². The average molecular weight is 421 g/mol. The van der Waals surface area contributed by atoms with Crippen molar-refractivity contribution in [3.63, 3.8) is 0 Å². The van der Waals surface area contributed by atoms with E-state index in [9.17, 15) is 23.1 Å². The lowest BCUT2D eigenvalue weighted by atomic mass is 10.1. The number of hydrogen-bond donors (Lipinski definition) is 1. The van der Waals surface area contributed by atoms with Gasteiger partial charge in [0.25, 0.3) is 0 Å². The Balaban J connectivity index is 1.82. The quantitative estimate of drug-likeness (QED) is 0.638. The molecule has 11 heteroatoms. The average Bonchev–Trinajstić information content (AvgIpc) is 2.71. The summed E-state index contributed by atoms with van der Waals surface area (Å²) in [5.74, 6) is -1.53. The monoisotopic (exact) mass is 421 g/mol. The Kier molecular flexibility index (Phi) is 6.09. The lowest BCUT2D eigenvalue weighted by Gasteiger charge is -2.32. The summed E-state index contributed by atoms with van der Waals surface area (Å²) >= 11 is 0. The molecule has 0 saturated carbocycles. The minimum Gasteiger partial charge on any atom is -0.482 e. The van der Waals surface area contributed by atoms with Crippen LogP contribution >= 0.6 is 0 Å². The van der Waals surface area contributed by atoms with E-state index in [1.165, 1.54) is 36.7 Å². The number of hydrogen-bond acceptors (Lipinski definition) is 8. The van der Waals surface area contributed by atoms with E-state index in [0.29, 0.717) is 11.4 Å². The van der Waals surface area contributed by atoms with E-state index in [4.69, 9.17) is 9.47 Å². The van der Waals surface area contributed by atoms with E-state index >= 15 is 0 Å². The zero-order chi connectivity index (χ0) is 21.0. The number of nitrogens with zero attached hydrogens (tertiary/aromatic N) is 3. The number of ether oxygens (including phenoxy) is 2. The molecule has 1 aromatic carbocycles. The van der Waals surface area contributed by atoms with Gasteiger partial charge >= 0.3 is 11.9 Å². The minimum atomic E-state index is -4.12. The van der Waals surface area contributed by atoms with Gasteiger partial charge < -0.3 is 14.6 Å². The summed E-state index contributed by atoms with van der Waals surface area (Å²) in [5, 5.41) is 9.54. The van der Waals surface area contributed by atoms with Crippen molar-refractivity contribution < 1.29 is 32.6 Å². The molecule has 2 aromatic rings. The molecule has 10 nitrogen and oxygen atoms in total. The van der Waals surface area contributed by atoms with Crippen LogP contribution in [0.4, 0.5) is 0 Å². The molecule has 0 radical (unpaired) electrons. The first kappa shape index (κ1) is 20.7. The van der Waals surface area contributed by atoms with Gasteiger partial charge in [0.2, 0.25) is 10.0 Å². The lowest BCUT2D eigenvalue weighted by molar-refractivity contribution is -0.145. The third kappa shape index (κ3) is 4.51. The van der Waals surface area contributed by atoms with Gasteiger partial charge in [-0.05, 0) is 31.2 Å². The second-order valence-corrected chi connectivity index (χ2v) is 8.01. The van der Waals surface area contributed by atoms with Crippen LogP contribution in [-0.4, -0.2) is 59.0 Å². The van der Waals surface area contributed by atoms with Crippen LogP contribution in [0.25, 0.3) is 0 Å². The third-order valence-electron chi connectivity index (χ3n) is 4.28. The summed E-state index contributed by atoms with van der Waals surface area (Å²) in [4.78, 5) is 31.1. The van der Waals surface area contributed by atoms with Gasteiger partial charge in [0, 0.05) is 18.8 Å². The van der Waals surface area contributed by atoms with Crippen LogP contribution in [0.15, 0.2) is 41.6 Å². The van der Waals surface area contributed by atoms with Gasteiger partial charge in [0.15, 0.2) is 6.61 Å². The molecular formula is C18H19N3O7S. The second-order valence-electron chi connectivity index (χ2n) is 6.12. The van der Waals surface area contributed by atoms with Crippen molar-refractivity contribution in [2.24, 2.45) is 0 Å². The molecule has 1 atom stereocenters. The maximum Gasteiger partial charge on any atom is 0.344 e. The predicted octanol–water partition coefficient (Wildman–Crippen LogP) is 0.619. The standard InChI is InChI=1S/C18H19N3O7S/c1-2-27-17(22)11-28-12-3-5-13(6-4-12)29(25,26)21-10-15-14(19-7-8-20-15)9-16(21)18(23)24/h3-8,16H,2,9-11H2,1H3,(H,23,24)/t16-/m1/s1. The van der Waals surface area contributed by atoms with E-state index in [1.807, 2.05) is 0 Å². The Morgan fingerprint density at radius 2 is 1.83 bits per heavy atom. The normalized spacial score (nSPS) is 16.7. The van der Waals surface area contributed by atoms with Crippen LogP contribution in [0.3, 0.4) is 0 Å². The first-order valence-electron chi connectivity index (χ1n) is 8.74. The number of carbonyl (C=O) groups excluding carboxylic acids is 1. The van der Waals surface area contributed by atoms with Gasteiger partial charge in [0.1, 0.15) is 11.8 Å². The third-order valence-corrected chi connectivity index (χ3v) is 6.15. The first-order valence-corrected chi connectivity index (χ1v) is 10.2. The molecule has 0 amide bonds. The number of carbonyl (C=O) groups is 2. The van der Waals surface area contributed by atoms with Crippen molar-refractivity contribution in [3.05, 3.63) is 48.0 Å². The Bertz CT molecular complexity index is 1010. The Morgan fingerprint density at radius 1 is 1.17 bits per heavy atom. The molecule has 0 unspecified atom stereocenters. The van der Waals surface area contributed by atoms with Gasteiger partial charge in [-0.15, -0.1) is 0 Å². The number of rotatable bonds is 7. The van der Waals surface area contributed by atoms with E-state index < -0.39 is 28.0 Å². The van der Waals surface area contributed by atoms with Crippen LogP contribution in [0, 0.1) is 0 Å². The summed E-state index contributed by atoms with van der Waals surface area (Å²) in [6.07, 6.45) is 2.80. The van der Waals surface area contributed by atoms with Crippen LogP contribution in [0.1, 0.15) is 18.3 Å². The largest absolute Gasteiger partial charge is 0.482 e. The van der Waals surface area contributed by atoms with Crippen LogP contribution in [-0.2, 0) is 37.3 Å². The number of esters is 1. The number of aromatic nitrogens is 2. The fraction of sp³-hybridized carbons (Fsp3) is 0.333. The van der Waals surface area contributed by atoms with E-state index in [2.05, 4.69) is 9.97 Å². The van der Waals surface area contributed by atoms with Crippen molar-refractivity contribution in [2.75, 3.05) is 13.2 Å². The predicted molar refractivity (Wildman–Crippen MR) is 98.5 cm³/mol.